The first-order valence-electron chi connectivity index (χ1n) is 11.2. The van der Waals surface area contributed by atoms with Crippen LogP contribution in [0.1, 0.15) is 134 Å². The SMILES string of the molecule is C.C.C.C.CC(C)C1CCCCC1.CCC1CCCCC1.CCc1ccccc1. The van der Waals surface area contributed by atoms with E-state index in [1.54, 1.807) is 0 Å². The van der Waals surface area contributed by atoms with E-state index in [1.807, 2.05) is 6.07 Å². The van der Waals surface area contributed by atoms with Gasteiger partial charge >= 0.3 is 0 Å². The summed E-state index contributed by atoms with van der Waals surface area (Å²) in [6, 6.07) is 10.5. The molecule has 176 valence electrons. The molecule has 0 spiro atoms. The molecule has 0 nitrogen and oxygen atoms in total. The van der Waals surface area contributed by atoms with E-state index in [0.29, 0.717) is 0 Å². The molecule has 1 aromatic carbocycles. The summed E-state index contributed by atoms with van der Waals surface area (Å²) in [4.78, 5) is 0. The Balaban J connectivity index is -0.000000151. The van der Waals surface area contributed by atoms with Crippen molar-refractivity contribution in [2.75, 3.05) is 0 Å². The highest BCUT2D eigenvalue weighted by Gasteiger charge is 2.15. The molecule has 0 radical (unpaired) electrons. The third-order valence-corrected chi connectivity index (χ3v) is 6.15. The van der Waals surface area contributed by atoms with Crippen molar-refractivity contribution in [2.24, 2.45) is 17.8 Å². The first-order chi connectivity index (χ1) is 12.2. The highest BCUT2D eigenvalue weighted by molar-refractivity contribution is 5.13. The molecular weight excluding hydrogens is 348 g/mol. The van der Waals surface area contributed by atoms with Gasteiger partial charge in [-0.3, -0.25) is 0 Å². The van der Waals surface area contributed by atoms with Crippen LogP contribution in [0.4, 0.5) is 0 Å². The molecule has 0 heterocycles. The maximum atomic E-state index is 2.36. The lowest BCUT2D eigenvalue weighted by Crippen LogP contribution is -2.12. The molecule has 2 aliphatic carbocycles. The van der Waals surface area contributed by atoms with Crippen molar-refractivity contribution in [3.63, 3.8) is 0 Å². The number of rotatable bonds is 3. The maximum Gasteiger partial charge on any atom is -0.0307 e. The van der Waals surface area contributed by atoms with Crippen LogP contribution in [-0.4, -0.2) is 0 Å². The van der Waals surface area contributed by atoms with E-state index in [2.05, 4.69) is 52.0 Å². The van der Waals surface area contributed by atoms with Crippen LogP contribution in [0.2, 0.25) is 0 Å². The molecule has 29 heavy (non-hydrogen) atoms. The summed E-state index contributed by atoms with van der Waals surface area (Å²) in [6.07, 6.45) is 17.5. The van der Waals surface area contributed by atoms with Gasteiger partial charge < -0.3 is 0 Å². The van der Waals surface area contributed by atoms with Crippen LogP contribution in [0, 0.1) is 17.8 Å². The molecule has 0 heteroatoms. The molecule has 0 N–H and O–H groups in total. The Morgan fingerprint density at radius 3 is 1.41 bits per heavy atom. The largest absolute Gasteiger partial charge is 0.0776 e. The van der Waals surface area contributed by atoms with E-state index >= 15 is 0 Å². The molecule has 2 saturated carbocycles. The minimum Gasteiger partial charge on any atom is -0.0776 e. The molecule has 0 aliphatic heterocycles. The number of aryl methyl sites for hydroxylation is 1. The van der Waals surface area contributed by atoms with Crippen LogP contribution in [0.3, 0.4) is 0 Å². The van der Waals surface area contributed by atoms with Gasteiger partial charge in [0.15, 0.2) is 0 Å². The van der Waals surface area contributed by atoms with Gasteiger partial charge in [0.25, 0.3) is 0 Å². The maximum absolute atomic E-state index is 2.36. The Hall–Kier alpha value is -0.780. The van der Waals surface area contributed by atoms with E-state index in [-0.39, 0.29) is 29.7 Å². The summed E-state index contributed by atoms with van der Waals surface area (Å²) >= 11 is 0. The van der Waals surface area contributed by atoms with Crippen molar-refractivity contribution < 1.29 is 0 Å². The molecule has 0 atom stereocenters. The quantitative estimate of drug-likeness (QED) is 0.466. The zero-order valence-electron chi connectivity index (χ0n) is 17.6. The molecule has 0 bridgehead atoms. The fourth-order valence-corrected chi connectivity index (χ4v) is 4.11. The molecule has 2 aliphatic rings. The van der Waals surface area contributed by atoms with E-state index in [0.717, 1.165) is 24.2 Å². The van der Waals surface area contributed by atoms with Gasteiger partial charge in [-0.2, -0.15) is 0 Å². The first kappa shape index (κ1) is 35.6. The molecule has 1 aromatic rings. The predicted molar refractivity (Wildman–Crippen MR) is 141 cm³/mol. The lowest BCUT2D eigenvalue weighted by molar-refractivity contribution is 0.279. The Labute approximate surface area is 188 Å². The predicted octanol–water partition coefficient (Wildman–Crippen LogP) is 11.0. The summed E-state index contributed by atoms with van der Waals surface area (Å²) in [7, 11) is 0. The molecular formula is C29H60. The van der Waals surface area contributed by atoms with Gasteiger partial charge in [0.05, 0.1) is 0 Å². The van der Waals surface area contributed by atoms with Gasteiger partial charge in [0.1, 0.15) is 0 Å². The average Bonchev–Trinajstić information content (AvgIpc) is 2.71. The van der Waals surface area contributed by atoms with E-state index in [1.165, 1.54) is 76.2 Å². The Kier molecular flexibility index (Phi) is 28.9. The van der Waals surface area contributed by atoms with Crippen molar-refractivity contribution in [2.45, 2.75) is 134 Å². The van der Waals surface area contributed by atoms with Crippen LogP contribution in [0.5, 0.6) is 0 Å². The number of hydrogen-bond donors (Lipinski definition) is 0. The van der Waals surface area contributed by atoms with Crippen molar-refractivity contribution in [3.8, 4) is 0 Å². The van der Waals surface area contributed by atoms with Crippen LogP contribution >= 0.6 is 0 Å². The molecule has 0 saturated heterocycles. The van der Waals surface area contributed by atoms with Gasteiger partial charge in [0, 0.05) is 0 Å². The lowest BCUT2D eigenvalue weighted by Gasteiger charge is -2.24. The minimum absolute atomic E-state index is 0. The van der Waals surface area contributed by atoms with Crippen LogP contribution in [0.15, 0.2) is 30.3 Å². The minimum atomic E-state index is 0. The van der Waals surface area contributed by atoms with Crippen LogP contribution in [0.25, 0.3) is 0 Å². The third-order valence-electron chi connectivity index (χ3n) is 6.15. The standard InChI is InChI=1S/C9H18.C8H16.C8H10.4CH4/c1-8(2)9-6-4-3-5-7-9;2*1-2-8-6-4-3-5-7-8;;;;/h8-9H,3-7H2,1-2H3;8H,2-7H2,1H3;3-7H,2H2,1H3;4*1H4. The van der Waals surface area contributed by atoms with Gasteiger partial charge in [-0.25, -0.2) is 0 Å². The summed E-state index contributed by atoms with van der Waals surface area (Å²) in [5, 5.41) is 0. The molecule has 2 fully saturated rings. The molecule has 0 unspecified atom stereocenters. The van der Waals surface area contributed by atoms with Gasteiger partial charge in [-0.1, -0.05) is 158 Å². The summed E-state index contributed by atoms with van der Waals surface area (Å²) in [6.45, 7) is 9.19. The summed E-state index contributed by atoms with van der Waals surface area (Å²) in [5.41, 5.74) is 1.41. The number of hydrogen-bond acceptors (Lipinski definition) is 0. The smallest absolute Gasteiger partial charge is 0.0307 e. The van der Waals surface area contributed by atoms with Gasteiger partial charge in [-0.05, 0) is 29.7 Å². The fourth-order valence-electron chi connectivity index (χ4n) is 4.11. The Morgan fingerprint density at radius 1 is 0.690 bits per heavy atom. The fraction of sp³-hybridized carbons (Fsp3) is 0.793. The van der Waals surface area contributed by atoms with Crippen molar-refractivity contribution in [3.05, 3.63) is 35.9 Å². The highest BCUT2D eigenvalue weighted by atomic mass is 14.2. The highest BCUT2D eigenvalue weighted by Crippen LogP contribution is 2.29. The topological polar surface area (TPSA) is 0 Å². The second kappa shape index (κ2) is 23.5. The van der Waals surface area contributed by atoms with E-state index < -0.39 is 0 Å². The zero-order valence-corrected chi connectivity index (χ0v) is 17.6. The second-order valence-corrected chi connectivity index (χ2v) is 8.39. The van der Waals surface area contributed by atoms with Crippen LogP contribution < -0.4 is 0 Å². The van der Waals surface area contributed by atoms with Crippen LogP contribution in [-0.2, 0) is 6.42 Å². The normalized spacial score (nSPS) is 16.2. The van der Waals surface area contributed by atoms with E-state index in [4.69, 9.17) is 0 Å². The zero-order chi connectivity index (χ0) is 18.3. The van der Waals surface area contributed by atoms with Gasteiger partial charge in [-0.15, -0.1) is 0 Å². The Morgan fingerprint density at radius 2 is 1.14 bits per heavy atom. The second-order valence-electron chi connectivity index (χ2n) is 8.39. The molecule has 0 amide bonds. The molecule has 0 aromatic heterocycles. The summed E-state index contributed by atoms with van der Waals surface area (Å²) in [5.74, 6) is 3.08. The first-order valence-corrected chi connectivity index (χ1v) is 11.2. The lowest BCUT2D eigenvalue weighted by atomic mass is 9.82. The number of benzene rings is 1. The van der Waals surface area contributed by atoms with Crippen molar-refractivity contribution in [1.82, 2.24) is 0 Å². The average molecular weight is 409 g/mol. The van der Waals surface area contributed by atoms with Gasteiger partial charge in [0.2, 0.25) is 0 Å². The third kappa shape index (κ3) is 17.8. The Bertz CT molecular complexity index is 380. The van der Waals surface area contributed by atoms with Crippen molar-refractivity contribution in [1.29, 1.82) is 0 Å². The summed E-state index contributed by atoms with van der Waals surface area (Å²) < 4.78 is 0. The van der Waals surface area contributed by atoms with E-state index in [9.17, 15) is 0 Å². The van der Waals surface area contributed by atoms with Crippen molar-refractivity contribution >= 4 is 0 Å². The monoisotopic (exact) mass is 408 g/mol. The molecule has 3 rings (SSSR count).